The van der Waals surface area contributed by atoms with E-state index in [1.165, 1.54) is 30.4 Å². The van der Waals surface area contributed by atoms with Crippen LogP contribution in [0.3, 0.4) is 0 Å². The summed E-state index contributed by atoms with van der Waals surface area (Å²) in [5, 5.41) is 0. The van der Waals surface area contributed by atoms with Gasteiger partial charge in [-0.1, -0.05) is 51.0 Å². The van der Waals surface area contributed by atoms with E-state index in [1.54, 1.807) is 0 Å². The number of hydrogen-bond acceptors (Lipinski definition) is 1. The summed E-state index contributed by atoms with van der Waals surface area (Å²) >= 11 is 0. The van der Waals surface area contributed by atoms with Gasteiger partial charge in [0.1, 0.15) is 0 Å². The van der Waals surface area contributed by atoms with E-state index in [9.17, 15) is 0 Å². The molecule has 88 valence electrons. The highest BCUT2D eigenvalue weighted by atomic mass is 14.6. The summed E-state index contributed by atoms with van der Waals surface area (Å²) < 4.78 is 0. The maximum atomic E-state index is 6.20. The van der Waals surface area contributed by atoms with Crippen molar-refractivity contribution in [2.24, 2.45) is 11.7 Å². The molecule has 2 N–H and O–H groups in total. The molecule has 0 saturated heterocycles. The lowest BCUT2D eigenvalue weighted by atomic mass is 9.97. The van der Waals surface area contributed by atoms with Crippen molar-refractivity contribution in [3.05, 3.63) is 35.4 Å². The summed E-state index contributed by atoms with van der Waals surface area (Å²) in [6.45, 7) is 4.45. The molecule has 0 radical (unpaired) electrons. The predicted molar refractivity (Wildman–Crippen MR) is 69.4 cm³/mol. The summed E-state index contributed by atoms with van der Waals surface area (Å²) in [5.41, 5.74) is 8.89. The smallest absolute Gasteiger partial charge is 0.0294 e. The van der Waals surface area contributed by atoms with Crippen LogP contribution in [0.4, 0.5) is 0 Å². The van der Waals surface area contributed by atoms with Crippen molar-refractivity contribution < 1.29 is 0 Å². The van der Waals surface area contributed by atoms with E-state index < -0.39 is 0 Å². The molecule has 0 amide bonds. The van der Waals surface area contributed by atoms with E-state index in [4.69, 9.17) is 5.73 Å². The number of benzene rings is 1. The normalized spacial score (nSPS) is 17.8. The lowest BCUT2D eigenvalue weighted by molar-refractivity contribution is 0.575. The van der Waals surface area contributed by atoms with Gasteiger partial charge in [0.25, 0.3) is 0 Å². The molecule has 1 unspecified atom stereocenters. The third-order valence-corrected chi connectivity index (χ3v) is 3.61. The van der Waals surface area contributed by atoms with Crippen molar-refractivity contribution >= 4 is 0 Å². The van der Waals surface area contributed by atoms with Gasteiger partial charge in [0.2, 0.25) is 0 Å². The third-order valence-electron chi connectivity index (χ3n) is 3.61. The molecule has 1 nitrogen and oxygen atoms in total. The molecule has 0 aliphatic heterocycles. The van der Waals surface area contributed by atoms with Gasteiger partial charge in [0.15, 0.2) is 0 Å². The third kappa shape index (κ3) is 3.08. The Balaban J connectivity index is 1.91. The van der Waals surface area contributed by atoms with Crippen molar-refractivity contribution in [1.29, 1.82) is 0 Å². The molecule has 1 heteroatoms. The molecule has 1 saturated carbocycles. The average Bonchev–Trinajstić information content (AvgIpc) is 3.10. The van der Waals surface area contributed by atoms with Crippen LogP contribution < -0.4 is 5.73 Å². The van der Waals surface area contributed by atoms with Gasteiger partial charge in [-0.15, -0.1) is 0 Å². The fraction of sp³-hybridized carbons (Fsp3) is 0.600. The molecule has 1 aliphatic rings. The SMILES string of the molecule is CC(C)c1ccc(C(N)CCC2CC2)cc1. The van der Waals surface area contributed by atoms with Crippen LogP contribution in [0.1, 0.15) is 62.6 Å². The van der Waals surface area contributed by atoms with Crippen LogP contribution in [0.5, 0.6) is 0 Å². The highest BCUT2D eigenvalue weighted by Gasteiger charge is 2.21. The molecule has 0 heterocycles. The first-order valence-corrected chi connectivity index (χ1v) is 6.52. The van der Waals surface area contributed by atoms with Crippen LogP contribution in [0.15, 0.2) is 24.3 Å². The Kier molecular flexibility index (Phi) is 3.65. The fourth-order valence-electron chi connectivity index (χ4n) is 2.12. The van der Waals surface area contributed by atoms with Crippen molar-refractivity contribution in [2.75, 3.05) is 0 Å². The standard InChI is InChI=1S/C15H23N/c1-11(2)13-6-8-14(9-7-13)15(16)10-5-12-3-4-12/h6-9,11-12,15H,3-5,10,16H2,1-2H3. The Morgan fingerprint density at radius 3 is 2.19 bits per heavy atom. The molecular weight excluding hydrogens is 194 g/mol. The lowest BCUT2D eigenvalue weighted by Gasteiger charge is -2.13. The first-order chi connectivity index (χ1) is 7.66. The molecule has 1 fully saturated rings. The van der Waals surface area contributed by atoms with E-state index >= 15 is 0 Å². The maximum absolute atomic E-state index is 6.20. The van der Waals surface area contributed by atoms with Crippen LogP contribution in [-0.4, -0.2) is 0 Å². The van der Waals surface area contributed by atoms with Gasteiger partial charge in [-0.05, 0) is 35.8 Å². The second-order valence-electron chi connectivity index (χ2n) is 5.45. The second kappa shape index (κ2) is 5.01. The van der Waals surface area contributed by atoms with Gasteiger partial charge in [-0.25, -0.2) is 0 Å². The summed E-state index contributed by atoms with van der Waals surface area (Å²) in [6, 6.07) is 9.08. The summed E-state index contributed by atoms with van der Waals surface area (Å²) in [4.78, 5) is 0. The van der Waals surface area contributed by atoms with Gasteiger partial charge < -0.3 is 5.73 Å². The molecule has 16 heavy (non-hydrogen) atoms. The minimum absolute atomic E-state index is 0.238. The lowest BCUT2D eigenvalue weighted by Crippen LogP contribution is -2.10. The predicted octanol–water partition coefficient (Wildman–Crippen LogP) is 4.00. The molecule has 1 atom stereocenters. The van der Waals surface area contributed by atoms with Gasteiger partial charge >= 0.3 is 0 Å². The van der Waals surface area contributed by atoms with Gasteiger partial charge in [-0.2, -0.15) is 0 Å². The van der Waals surface area contributed by atoms with E-state index in [1.807, 2.05) is 0 Å². The summed E-state index contributed by atoms with van der Waals surface area (Å²) in [5.74, 6) is 1.60. The minimum Gasteiger partial charge on any atom is -0.324 e. The molecule has 1 aromatic carbocycles. The fourth-order valence-corrected chi connectivity index (χ4v) is 2.12. The minimum atomic E-state index is 0.238. The first kappa shape index (κ1) is 11.7. The Labute approximate surface area is 99.0 Å². The van der Waals surface area contributed by atoms with Crippen LogP contribution in [0.2, 0.25) is 0 Å². The van der Waals surface area contributed by atoms with E-state index in [0.717, 1.165) is 12.3 Å². The number of hydrogen-bond donors (Lipinski definition) is 1. The molecule has 0 bridgehead atoms. The molecule has 0 spiro atoms. The molecule has 2 rings (SSSR count). The summed E-state index contributed by atoms with van der Waals surface area (Å²) in [6.07, 6.45) is 5.32. The maximum Gasteiger partial charge on any atom is 0.0294 e. The first-order valence-electron chi connectivity index (χ1n) is 6.52. The zero-order valence-electron chi connectivity index (χ0n) is 10.4. The quantitative estimate of drug-likeness (QED) is 0.792. The molecule has 0 aromatic heterocycles. The van der Waals surface area contributed by atoms with Crippen LogP contribution in [-0.2, 0) is 0 Å². The van der Waals surface area contributed by atoms with E-state index in [0.29, 0.717) is 5.92 Å². The zero-order chi connectivity index (χ0) is 11.5. The van der Waals surface area contributed by atoms with Crippen molar-refractivity contribution in [2.45, 2.75) is 51.5 Å². The Morgan fingerprint density at radius 1 is 1.12 bits per heavy atom. The van der Waals surface area contributed by atoms with Crippen molar-refractivity contribution in [3.63, 3.8) is 0 Å². The number of rotatable bonds is 5. The second-order valence-corrected chi connectivity index (χ2v) is 5.45. The largest absolute Gasteiger partial charge is 0.324 e. The van der Waals surface area contributed by atoms with Gasteiger partial charge in [0, 0.05) is 6.04 Å². The Bertz CT molecular complexity index is 322. The average molecular weight is 217 g/mol. The molecule has 1 aliphatic carbocycles. The van der Waals surface area contributed by atoms with E-state index in [2.05, 4.69) is 38.1 Å². The van der Waals surface area contributed by atoms with Crippen molar-refractivity contribution in [3.8, 4) is 0 Å². The zero-order valence-corrected chi connectivity index (χ0v) is 10.4. The highest BCUT2D eigenvalue weighted by Crippen LogP contribution is 2.35. The van der Waals surface area contributed by atoms with Crippen LogP contribution >= 0.6 is 0 Å². The van der Waals surface area contributed by atoms with E-state index in [-0.39, 0.29) is 6.04 Å². The van der Waals surface area contributed by atoms with Gasteiger partial charge in [-0.3, -0.25) is 0 Å². The monoisotopic (exact) mass is 217 g/mol. The number of nitrogens with two attached hydrogens (primary N) is 1. The Morgan fingerprint density at radius 2 is 1.69 bits per heavy atom. The van der Waals surface area contributed by atoms with Gasteiger partial charge in [0.05, 0.1) is 0 Å². The topological polar surface area (TPSA) is 26.0 Å². The summed E-state index contributed by atoms with van der Waals surface area (Å²) in [7, 11) is 0. The van der Waals surface area contributed by atoms with Crippen LogP contribution in [0.25, 0.3) is 0 Å². The molecular formula is C15H23N. The molecule has 1 aromatic rings. The van der Waals surface area contributed by atoms with Crippen molar-refractivity contribution in [1.82, 2.24) is 0 Å². The highest BCUT2D eigenvalue weighted by molar-refractivity contribution is 5.26. The van der Waals surface area contributed by atoms with Crippen LogP contribution in [0, 0.1) is 5.92 Å². The Hall–Kier alpha value is -0.820.